The number of carboxylic acids is 2. The van der Waals surface area contributed by atoms with Crippen LogP contribution in [0.25, 0.3) is 65.9 Å². The van der Waals surface area contributed by atoms with Gasteiger partial charge in [-0.2, -0.15) is 0 Å². The third-order valence-electron chi connectivity index (χ3n) is 7.38. The van der Waals surface area contributed by atoms with Crippen LogP contribution >= 0.6 is 23.2 Å². The van der Waals surface area contributed by atoms with Crippen LogP contribution in [0.2, 0.25) is 10.0 Å². The number of nitrogens with one attached hydrogen (secondary N) is 2. The van der Waals surface area contributed by atoms with E-state index >= 15 is 0 Å². The lowest BCUT2D eigenvalue weighted by molar-refractivity contribution is 0.0686. The summed E-state index contributed by atoms with van der Waals surface area (Å²) in [5, 5.41) is 23.6. The van der Waals surface area contributed by atoms with Crippen LogP contribution in [-0.4, -0.2) is 32.1 Å². The first-order chi connectivity index (χ1) is 19.3. The largest absolute Gasteiger partial charge is 0.478 e. The van der Waals surface area contributed by atoms with Gasteiger partial charge < -0.3 is 20.2 Å². The van der Waals surface area contributed by atoms with Crippen molar-refractivity contribution in [1.82, 2.24) is 9.97 Å². The Labute approximate surface area is 236 Å². The van der Waals surface area contributed by atoms with Gasteiger partial charge in [-0.25, -0.2) is 9.59 Å². The number of halogens is 2. The Bertz CT molecular complexity index is 2050. The molecule has 2 heterocycles. The molecule has 0 fully saturated rings. The number of rotatable bonds is 4. The SMILES string of the molecule is O=C(O)c1ccc2[nH]c3c(-c4ccccc4Cl)c4c([nH]c5ccc(C(=O)O)cc54)c(-c4ccccc4Cl)c3c2c1. The molecule has 0 spiro atoms. The minimum atomic E-state index is -1.03. The standard InChI is InChI=1S/C32H18Cl2N2O4/c33-21-7-3-1-5-17(21)25-27-19-13-15(31(37)38)9-11-23(19)36-30(27)26(18-6-2-4-8-22(18)34)28-20-14-16(32(39)40)10-12-24(20)35-29(25)28/h1-14,35-36H,(H,37,38)(H,39,40). The molecule has 8 heteroatoms. The summed E-state index contributed by atoms with van der Waals surface area (Å²) in [6, 6.07) is 24.9. The van der Waals surface area contributed by atoms with E-state index in [-0.39, 0.29) is 11.1 Å². The number of aromatic amines is 2. The Balaban J connectivity index is 1.82. The Morgan fingerprint density at radius 2 is 0.975 bits per heavy atom. The summed E-state index contributed by atoms with van der Waals surface area (Å²) in [4.78, 5) is 31.0. The number of carboxylic acid groups (broad SMARTS) is 2. The van der Waals surface area contributed by atoms with Gasteiger partial charge in [0.05, 0.1) is 22.2 Å². The molecule has 7 rings (SSSR count). The number of hydrogen-bond acceptors (Lipinski definition) is 2. The normalized spacial score (nSPS) is 11.7. The highest BCUT2D eigenvalue weighted by Crippen LogP contribution is 2.50. The number of hydrogen-bond donors (Lipinski definition) is 4. The van der Waals surface area contributed by atoms with Crippen LogP contribution in [0.5, 0.6) is 0 Å². The fourth-order valence-electron chi connectivity index (χ4n) is 5.66. The van der Waals surface area contributed by atoms with Gasteiger partial charge in [0.25, 0.3) is 0 Å². The van der Waals surface area contributed by atoms with Crippen LogP contribution < -0.4 is 0 Å². The van der Waals surface area contributed by atoms with E-state index < -0.39 is 11.9 Å². The molecule has 0 unspecified atom stereocenters. The van der Waals surface area contributed by atoms with E-state index in [4.69, 9.17) is 23.2 Å². The molecule has 0 radical (unpaired) electrons. The summed E-state index contributed by atoms with van der Waals surface area (Å²) in [5.74, 6) is -2.07. The molecular weight excluding hydrogens is 547 g/mol. The fourth-order valence-corrected chi connectivity index (χ4v) is 6.12. The number of aromatic carboxylic acids is 2. The molecule has 0 aliphatic heterocycles. The summed E-state index contributed by atoms with van der Waals surface area (Å²) in [6.45, 7) is 0. The molecule has 0 amide bonds. The Kier molecular flexibility index (Phi) is 5.39. The second-order valence-electron chi connectivity index (χ2n) is 9.59. The van der Waals surface area contributed by atoms with Crippen LogP contribution in [0.3, 0.4) is 0 Å². The van der Waals surface area contributed by atoms with E-state index in [0.29, 0.717) is 20.8 Å². The maximum absolute atomic E-state index is 12.0. The molecule has 0 aliphatic carbocycles. The molecule has 4 N–H and O–H groups in total. The summed E-state index contributed by atoms with van der Waals surface area (Å²) in [6.07, 6.45) is 0. The predicted octanol–water partition coefficient (Wildman–Crippen LogP) is 8.99. The first-order valence-electron chi connectivity index (χ1n) is 12.4. The van der Waals surface area contributed by atoms with E-state index in [0.717, 1.165) is 55.1 Å². The third kappa shape index (κ3) is 3.50. The maximum Gasteiger partial charge on any atom is 0.335 e. The minimum absolute atomic E-state index is 0.153. The first kappa shape index (κ1) is 24.3. The van der Waals surface area contributed by atoms with Gasteiger partial charge in [0, 0.05) is 64.9 Å². The number of carbonyl (C=O) groups is 2. The molecule has 194 valence electrons. The smallest absolute Gasteiger partial charge is 0.335 e. The van der Waals surface area contributed by atoms with Crippen molar-refractivity contribution >= 4 is 78.8 Å². The Morgan fingerprint density at radius 1 is 0.575 bits per heavy atom. The van der Waals surface area contributed by atoms with Gasteiger partial charge in [0.1, 0.15) is 0 Å². The van der Waals surface area contributed by atoms with Gasteiger partial charge in [0.2, 0.25) is 0 Å². The highest BCUT2D eigenvalue weighted by Gasteiger charge is 2.26. The van der Waals surface area contributed by atoms with Crippen LogP contribution in [0, 0.1) is 0 Å². The van der Waals surface area contributed by atoms with Crippen molar-refractivity contribution in [1.29, 1.82) is 0 Å². The molecule has 40 heavy (non-hydrogen) atoms. The number of aromatic nitrogens is 2. The van der Waals surface area contributed by atoms with Gasteiger partial charge >= 0.3 is 11.9 Å². The zero-order chi connectivity index (χ0) is 27.7. The van der Waals surface area contributed by atoms with E-state index in [9.17, 15) is 19.8 Å². The van der Waals surface area contributed by atoms with Crippen molar-refractivity contribution < 1.29 is 19.8 Å². The molecule has 0 aliphatic rings. The molecule has 0 saturated heterocycles. The van der Waals surface area contributed by atoms with Crippen molar-refractivity contribution in [2.24, 2.45) is 0 Å². The summed E-state index contributed by atoms with van der Waals surface area (Å²) in [7, 11) is 0. The van der Waals surface area contributed by atoms with E-state index in [1.165, 1.54) is 0 Å². The topological polar surface area (TPSA) is 106 Å². The Hall–Kier alpha value is -4.78. The minimum Gasteiger partial charge on any atom is -0.478 e. The summed E-state index contributed by atoms with van der Waals surface area (Å²) < 4.78 is 0. The average Bonchev–Trinajstić information content (AvgIpc) is 3.51. The van der Waals surface area contributed by atoms with E-state index in [2.05, 4.69) is 9.97 Å². The lowest BCUT2D eigenvalue weighted by Gasteiger charge is -2.15. The quantitative estimate of drug-likeness (QED) is 0.171. The zero-order valence-electron chi connectivity index (χ0n) is 20.5. The van der Waals surface area contributed by atoms with Gasteiger partial charge in [-0.05, 0) is 48.5 Å². The van der Waals surface area contributed by atoms with Crippen LogP contribution in [0.15, 0.2) is 84.9 Å². The zero-order valence-corrected chi connectivity index (χ0v) is 22.1. The second-order valence-corrected chi connectivity index (χ2v) is 10.4. The molecule has 0 bridgehead atoms. The molecule has 0 atom stereocenters. The van der Waals surface area contributed by atoms with E-state index in [1.807, 2.05) is 36.4 Å². The summed E-state index contributed by atoms with van der Waals surface area (Å²) in [5.41, 5.74) is 6.29. The molecule has 6 nitrogen and oxygen atoms in total. The molecule has 0 saturated carbocycles. The highest BCUT2D eigenvalue weighted by atomic mass is 35.5. The van der Waals surface area contributed by atoms with E-state index in [1.54, 1.807) is 48.5 Å². The van der Waals surface area contributed by atoms with Crippen molar-refractivity contribution in [2.75, 3.05) is 0 Å². The monoisotopic (exact) mass is 564 g/mol. The van der Waals surface area contributed by atoms with Crippen LogP contribution in [0.1, 0.15) is 20.7 Å². The van der Waals surface area contributed by atoms with Gasteiger partial charge in [-0.15, -0.1) is 0 Å². The first-order valence-corrected chi connectivity index (χ1v) is 13.1. The van der Waals surface area contributed by atoms with Crippen LogP contribution in [-0.2, 0) is 0 Å². The number of benzene rings is 5. The predicted molar refractivity (Wildman–Crippen MR) is 160 cm³/mol. The molecular formula is C32H18Cl2N2O4. The van der Waals surface area contributed by atoms with Gasteiger partial charge in [-0.1, -0.05) is 59.6 Å². The number of fused-ring (bicyclic) bond motifs is 6. The lowest BCUT2D eigenvalue weighted by atomic mass is 9.89. The maximum atomic E-state index is 12.0. The second kappa shape index (κ2) is 8.88. The van der Waals surface area contributed by atoms with Gasteiger partial charge in [-0.3, -0.25) is 0 Å². The molecule has 5 aromatic carbocycles. The lowest BCUT2D eigenvalue weighted by Crippen LogP contribution is -1.95. The fraction of sp³-hybridized carbons (Fsp3) is 0. The average molecular weight is 565 g/mol. The number of H-pyrrole nitrogens is 2. The molecule has 2 aromatic heterocycles. The van der Waals surface area contributed by atoms with Crippen LogP contribution in [0.4, 0.5) is 0 Å². The molecule has 7 aromatic rings. The summed E-state index contributed by atoms with van der Waals surface area (Å²) >= 11 is 13.6. The van der Waals surface area contributed by atoms with Gasteiger partial charge in [0.15, 0.2) is 0 Å². The van der Waals surface area contributed by atoms with Crippen molar-refractivity contribution in [3.63, 3.8) is 0 Å². The Morgan fingerprint density at radius 3 is 1.35 bits per heavy atom. The highest BCUT2D eigenvalue weighted by molar-refractivity contribution is 6.39. The van der Waals surface area contributed by atoms with Crippen molar-refractivity contribution in [2.45, 2.75) is 0 Å². The van der Waals surface area contributed by atoms with Crippen molar-refractivity contribution in [3.05, 3.63) is 106 Å². The van der Waals surface area contributed by atoms with Crippen molar-refractivity contribution in [3.8, 4) is 22.3 Å². The third-order valence-corrected chi connectivity index (χ3v) is 8.04.